The number of hydrogen-bond donors (Lipinski definition) is 2. The standard InChI is InChI=1S/C17H25NO5/c1-22-13-3-4-16(23-2)14(11-13)15(19)7-10-18-8-5-12(6-9-18)17(20)21/h3-4,11-12,15,19H,5-10H2,1-2H3,(H,20,21). The van der Waals surface area contributed by atoms with Gasteiger partial charge in [-0.05, 0) is 50.6 Å². The first kappa shape index (κ1) is 17.6. The molecule has 1 unspecified atom stereocenters. The third kappa shape index (κ3) is 4.59. The van der Waals surface area contributed by atoms with Gasteiger partial charge in [0.1, 0.15) is 11.5 Å². The molecule has 1 aromatic carbocycles. The number of ether oxygens (including phenoxy) is 2. The van der Waals surface area contributed by atoms with E-state index in [1.165, 1.54) is 0 Å². The minimum Gasteiger partial charge on any atom is -0.497 e. The van der Waals surface area contributed by atoms with Crippen molar-refractivity contribution in [2.24, 2.45) is 5.92 Å². The number of carboxylic acids is 1. The fourth-order valence-corrected chi connectivity index (χ4v) is 2.96. The number of carboxylic acid groups (broad SMARTS) is 1. The predicted octanol–water partition coefficient (Wildman–Crippen LogP) is 1.92. The summed E-state index contributed by atoms with van der Waals surface area (Å²) in [7, 11) is 3.17. The lowest BCUT2D eigenvalue weighted by atomic mass is 9.96. The Morgan fingerprint density at radius 2 is 2.00 bits per heavy atom. The maximum absolute atomic E-state index is 11.0. The lowest BCUT2D eigenvalue weighted by Gasteiger charge is -2.30. The summed E-state index contributed by atoms with van der Waals surface area (Å²) < 4.78 is 10.5. The molecule has 0 aromatic heterocycles. The van der Waals surface area contributed by atoms with Crippen LogP contribution in [0.2, 0.25) is 0 Å². The number of nitrogens with zero attached hydrogens (tertiary/aromatic N) is 1. The Morgan fingerprint density at radius 1 is 1.30 bits per heavy atom. The van der Waals surface area contributed by atoms with E-state index >= 15 is 0 Å². The van der Waals surface area contributed by atoms with E-state index in [2.05, 4.69) is 4.90 Å². The van der Waals surface area contributed by atoms with E-state index in [-0.39, 0.29) is 5.92 Å². The quantitative estimate of drug-likeness (QED) is 0.798. The predicted molar refractivity (Wildman–Crippen MR) is 85.9 cm³/mol. The van der Waals surface area contributed by atoms with Crippen molar-refractivity contribution in [2.45, 2.75) is 25.4 Å². The third-order valence-corrected chi connectivity index (χ3v) is 4.45. The van der Waals surface area contributed by atoms with Gasteiger partial charge in [0.2, 0.25) is 0 Å². The molecule has 0 aliphatic carbocycles. The molecule has 2 rings (SSSR count). The number of carbonyl (C=O) groups is 1. The number of benzene rings is 1. The first-order chi connectivity index (χ1) is 11.0. The van der Waals surface area contributed by atoms with Gasteiger partial charge in [0.15, 0.2) is 0 Å². The fourth-order valence-electron chi connectivity index (χ4n) is 2.96. The minimum absolute atomic E-state index is 0.227. The number of aliphatic hydroxyl groups excluding tert-OH is 1. The topological polar surface area (TPSA) is 79.2 Å². The van der Waals surface area contributed by atoms with E-state index in [1.54, 1.807) is 32.4 Å². The molecule has 1 fully saturated rings. The molecular weight excluding hydrogens is 298 g/mol. The average Bonchev–Trinajstić information content (AvgIpc) is 2.59. The number of hydrogen-bond acceptors (Lipinski definition) is 5. The highest BCUT2D eigenvalue weighted by atomic mass is 16.5. The van der Waals surface area contributed by atoms with Crippen LogP contribution < -0.4 is 9.47 Å². The van der Waals surface area contributed by atoms with Gasteiger partial charge in [-0.25, -0.2) is 0 Å². The minimum atomic E-state index is -0.703. The number of aliphatic carboxylic acids is 1. The molecule has 0 saturated carbocycles. The van der Waals surface area contributed by atoms with Crippen LogP contribution in [0.1, 0.15) is 30.9 Å². The van der Waals surface area contributed by atoms with Gasteiger partial charge in [0, 0.05) is 12.1 Å². The van der Waals surface area contributed by atoms with Gasteiger partial charge < -0.3 is 24.6 Å². The number of piperidine rings is 1. The zero-order valence-electron chi connectivity index (χ0n) is 13.7. The van der Waals surface area contributed by atoms with Gasteiger partial charge in [-0.3, -0.25) is 4.79 Å². The summed E-state index contributed by atoms with van der Waals surface area (Å²) in [6.07, 6.45) is 1.28. The Morgan fingerprint density at radius 3 is 2.57 bits per heavy atom. The molecule has 128 valence electrons. The van der Waals surface area contributed by atoms with E-state index in [9.17, 15) is 9.90 Å². The SMILES string of the molecule is COc1ccc(OC)c(C(O)CCN2CCC(C(=O)O)CC2)c1. The summed E-state index contributed by atoms with van der Waals surface area (Å²) in [5.41, 5.74) is 0.715. The number of aliphatic hydroxyl groups is 1. The summed E-state index contributed by atoms with van der Waals surface area (Å²) in [6.45, 7) is 2.26. The molecule has 0 spiro atoms. The highest BCUT2D eigenvalue weighted by Crippen LogP contribution is 2.31. The monoisotopic (exact) mass is 323 g/mol. The van der Waals surface area contributed by atoms with Crippen molar-refractivity contribution in [3.8, 4) is 11.5 Å². The highest BCUT2D eigenvalue weighted by molar-refractivity contribution is 5.70. The number of rotatable bonds is 7. The molecule has 0 amide bonds. The van der Waals surface area contributed by atoms with Crippen LogP contribution in [-0.4, -0.2) is 54.9 Å². The van der Waals surface area contributed by atoms with Crippen molar-refractivity contribution in [3.05, 3.63) is 23.8 Å². The molecule has 6 heteroatoms. The second-order valence-corrected chi connectivity index (χ2v) is 5.87. The summed E-state index contributed by atoms with van der Waals surface area (Å²) in [6, 6.07) is 5.38. The lowest BCUT2D eigenvalue weighted by Crippen LogP contribution is -2.37. The van der Waals surface area contributed by atoms with Gasteiger partial charge in [-0.1, -0.05) is 0 Å². The normalized spacial score (nSPS) is 17.7. The van der Waals surface area contributed by atoms with E-state index in [1.807, 2.05) is 0 Å². The molecule has 1 aromatic rings. The maximum Gasteiger partial charge on any atom is 0.306 e. The highest BCUT2D eigenvalue weighted by Gasteiger charge is 2.25. The van der Waals surface area contributed by atoms with E-state index in [0.29, 0.717) is 36.3 Å². The van der Waals surface area contributed by atoms with Crippen molar-refractivity contribution in [1.82, 2.24) is 4.90 Å². The zero-order valence-corrected chi connectivity index (χ0v) is 13.7. The molecule has 1 aliphatic heterocycles. The summed E-state index contributed by atoms with van der Waals surface area (Å²) in [5, 5.41) is 19.5. The van der Waals surface area contributed by atoms with Crippen molar-refractivity contribution in [1.29, 1.82) is 0 Å². The van der Waals surface area contributed by atoms with Crippen LogP contribution in [0.15, 0.2) is 18.2 Å². The van der Waals surface area contributed by atoms with Crippen LogP contribution in [0.5, 0.6) is 11.5 Å². The Bertz CT molecular complexity index is 526. The lowest BCUT2D eigenvalue weighted by molar-refractivity contribution is -0.143. The van der Waals surface area contributed by atoms with Crippen LogP contribution in [0.25, 0.3) is 0 Å². The van der Waals surface area contributed by atoms with Crippen LogP contribution in [0.4, 0.5) is 0 Å². The molecule has 0 radical (unpaired) electrons. The summed E-state index contributed by atoms with van der Waals surface area (Å²) in [5.74, 6) is 0.394. The average molecular weight is 323 g/mol. The molecule has 1 aliphatic rings. The van der Waals surface area contributed by atoms with Gasteiger partial charge in [-0.15, -0.1) is 0 Å². The maximum atomic E-state index is 11.0. The van der Waals surface area contributed by atoms with Crippen LogP contribution in [0.3, 0.4) is 0 Å². The van der Waals surface area contributed by atoms with Crippen molar-refractivity contribution in [2.75, 3.05) is 33.9 Å². The first-order valence-electron chi connectivity index (χ1n) is 7.90. The molecule has 1 heterocycles. The largest absolute Gasteiger partial charge is 0.497 e. The van der Waals surface area contributed by atoms with Crippen LogP contribution >= 0.6 is 0 Å². The van der Waals surface area contributed by atoms with Crippen molar-refractivity contribution >= 4 is 5.97 Å². The first-order valence-corrected chi connectivity index (χ1v) is 7.90. The second-order valence-electron chi connectivity index (χ2n) is 5.87. The Balaban J connectivity index is 1.90. The zero-order chi connectivity index (χ0) is 16.8. The third-order valence-electron chi connectivity index (χ3n) is 4.45. The van der Waals surface area contributed by atoms with Gasteiger partial charge in [0.25, 0.3) is 0 Å². The Hall–Kier alpha value is -1.79. The summed E-state index contributed by atoms with van der Waals surface area (Å²) in [4.78, 5) is 13.2. The van der Waals surface area contributed by atoms with Crippen LogP contribution in [-0.2, 0) is 4.79 Å². The molecule has 6 nitrogen and oxygen atoms in total. The Kier molecular flexibility index (Phi) is 6.24. The number of methoxy groups -OCH3 is 2. The summed E-state index contributed by atoms with van der Waals surface area (Å²) >= 11 is 0. The number of likely N-dealkylation sites (tertiary alicyclic amines) is 1. The van der Waals surface area contributed by atoms with Gasteiger partial charge >= 0.3 is 5.97 Å². The molecular formula is C17H25NO5. The Labute approximate surface area is 136 Å². The smallest absolute Gasteiger partial charge is 0.306 e. The van der Waals surface area contributed by atoms with Gasteiger partial charge in [-0.2, -0.15) is 0 Å². The van der Waals surface area contributed by atoms with E-state index < -0.39 is 12.1 Å². The molecule has 23 heavy (non-hydrogen) atoms. The van der Waals surface area contributed by atoms with Crippen molar-refractivity contribution < 1.29 is 24.5 Å². The fraction of sp³-hybridized carbons (Fsp3) is 0.588. The van der Waals surface area contributed by atoms with E-state index in [0.717, 1.165) is 19.6 Å². The second kappa shape index (κ2) is 8.17. The van der Waals surface area contributed by atoms with Crippen molar-refractivity contribution in [3.63, 3.8) is 0 Å². The molecule has 1 atom stereocenters. The van der Waals surface area contributed by atoms with Gasteiger partial charge in [0.05, 0.1) is 26.2 Å². The molecule has 2 N–H and O–H groups in total. The van der Waals surface area contributed by atoms with Crippen LogP contribution in [0, 0.1) is 5.92 Å². The van der Waals surface area contributed by atoms with E-state index in [4.69, 9.17) is 14.6 Å². The molecule has 1 saturated heterocycles. The molecule has 0 bridgehead atoms.